The molecule has 0 N–H and O–H groups in total. The minimum atomic E-state index is 1.07. The summed E-state index contributed by atoms with van der Waals surface area (Å²) in [4.78, 5) is 0. The molecule has 1 radical (unpaired) electrons. The van der Waals surface area contributed by atoms with E-state index in [1.54, 1.807) is 0 Å². The van der Waals surface area contributed by atoms with Gasteiger partial charge in [0.15, 0.2) is 5.69 Å². The van der Waals surface area contributed by atoms with Crippen molar-refractivity contribution in [2.24, 2.45) is 0 Å². The molecule has 0 saturated heterocycles. The number of halogens is 1. The Morgan fingerprint density at radius 2 is 1.92 bits per heavy atom. The summed E-state index contributed by atoms with van der Waals surface area (Å²) < 4.78 is 2.11. The Hall–Kier alpha value is -0.340. The van der Waals surface area contributed by atoms with E-state index in [2.05, 4.69) is 51.3 Å². The highest BCUT2D eigenvalue weighted by Crippen LogP contribution is 2.16. The molecule has 0 atom stereocenters. The molecule has 2 heteroatoms. The molecule has 0 aliphatic heterocycles. The topological polar surface area (TPSA) is 5.90 Å². The van der Waals surface area contributed by atoms with Gasteiger partial charge in [-0.05, 0) is 0 Å². The van der Waals surface area contributed by atoms with Crippen LogP contribution >= 0.6 is 16.1 Å². The maximum atomic E-state index is 3.52. The Bertz CT molecular complexity index is 210. The standard InChI is InChI=1S/C10H14BrN/c1-2-3-9-12(11)10-7-5-4-6-8-10/h4-8H,2-3,9H2,1H3/q+1. The van der Waals surface area contributed by atoms with Gasteiger partial charge in [0, 0.05) is 18.6 Å². The third-order valence-electron chi connectivity index (χ3n) is 1.74. The lowest BCUT2D eigenvalue weighted by atomic mass is 10.3. The van der Waals surface area contributed by atoms with Crippen LogP contribution in [0.5, 0.6) is 0 Å². The number of benzene rings is 1. The predicted molar refractivity (Wildman–Crippen MR) is 56.9 cm³/mol. The van der Waals surface area contributed by atoms with Crippen LogP contribution in [0.15, 0.2) is 30.3 Å². The van der Waals surface area contributed by atoms with Gasteiger partial charge in [-0.3, -0.25) is 0 Å². The van der Waals surface area contributed by atoms with Crippen LogP contribution < -0.4 is 3.93 Å². The van der Waals surface area contributed by atoms with E-state index in [1.165, 1.54) is 18.5 Å². The lowest BCUT2D eigenvalue weighted by Crippen LogP contribution is -2.11. The molecule has 0 bridgehead atoms. The predicted octanol–water partition coefficient (Wildman–Crippen LogP) is 3.57. The van der Waals surface area contributed by atoms with E-state index < -0.39 is 0 Å². The van der Waals surface area contributed by atoms with E-state index in [4.69, 9.17) is 0 Å². The second-order valence-corrected chi connectivity index (χ2v) is 3.63. The molecule has 0 fully saturated rings. The van der Waals surface area contributed by atoms with Crippen molar-refractivity contribution in [2.45, 2.75) is 19.8 Å². The first-order chi connectivity index (χ1) is 5.84. The Morgan fingerprint density at radius 1 is 1.25 bits per heavy atom. The van der Waals surface area contributed by atoms with E-state index in [9.17, 15) is 0 Å². The van der Waals surface area contributed by atoms with Crippen molar-refractivity contribution in [1.82, 2.24) is 3.93 Å². The number of nitrogens with zero attached hydrogens (tertiary/aromatic N) is 1. The third-order valence-corrected chi connectivity index (χ3v) is 2.51. The van der Waals surface area contributed by atoms with Crippen molar-refractivity contribution in [1.29, 1.82) is 0 Å². The molecular weight excluding hydrogens is 214 g/mol. The highest BCUT2D eigenvalue weighted by atomic mass is 79.9. The van der Waals surface area contributed by atoms with Gasteiger partial charge in [0.05, 0.1) is 0 Å². The molecule has 1 aromatic carbocycles. The molecule has 0 amide bonds. The fourth-order valence-electron chi connectivity index (χ4n) is 1.02. The molecule has 1 aromatic rings. The summed E-state index contributed by atoms with van der Waals surface area (Å²) in [6, 6.07) is 10.3. The van der Waals surface area contributed by atoms with Gasteiger partial charge in [-0.25, -0.2) is 0 Å². The van der Waals surface area contributed by atoms with Crippen LogP contribution in [0.25, 0.3) is 0 Å². The number of hydrogen-bond donors (Lipinski definition) is 0. The van der Waals surface area contributed by atoms with Crippen molar-refractivity contribution < 1.29 is 0 Å². The average Bonchev–Trinajstić information content (AvgIpc) is 2.15. The van der Waals surface area contributed by atoms with Crippen LogP contribution in [-0.4, -0.2) is 6.54 Å². The number of anilines is 1. The molecule has 0 aliphatic rings. The van der Waals surface area contributed by atoms with E-state index >= 15 is 0 Å². The minimum Gasteiger partial charge on any atom is -0.0652 e. The molecule has 0 unspecified atom stereocenters. The lowest BCUT2D eigenvalue weighted by Gasteiger charge is -2.00. The fourth-order valence-corrected chi connectivity index (χ4v) is 1.50. The van der Waals surface area contributed by atoms with Crippen LogP contribution in [0, 0.1) is 0 Å². The zero-order valence-corrected chi connectivity index (χ0v) is 8.92. The van der Waals surface area contributed by atoms with Gasteiger partial charge in [-0.2, -0.15) is 0 Å². The summed E-state index contributed by atoms with van der Waals surface area (Å²) in [5, 5.41) is 0. The van der Waals surface area contributed by atoms with Crippen LogP contribution in [0.1, 0.15) is 19.8 Å². The maximum Gasteiger partial charge on any atom is 0.293 e. The Morgan fingerprint density at radius 3 is 2.50 bits per heavy atom. The largest absolute Gasteiger partial charge is 0.293 e. The van der Waals surface area contributed by atoms with Crippen LogP contribution in [-0.2, 0) is 0 Å². The van der Waals surface area contributed by atoms with Crippen molar-refractivity contribution in [3.05, 3.63) is 30.3 Å². The first-order valence-corrected chi connectivity index (χ1v) is 5.04. The smallest absolute Gasteiger partial charge is 0.0652 e. The van der Waals surface area contributed by atoms with Crippen molar-refractivity contribution >= 4 is 21.8 Å². The van der Waals surface area contributed by atoms with Gasteiger partial charge >= 0.3 is 0 Å². The Labute approximate surface area is 82.7 Å². The molecule has 65 valence electrons. The third kappa shape index (κ3) is 2.95. The molecule has 1 nitrogen and oxygen atoms in total. The maximum absolute atomic E-state index is 3.52. The zero-order valence-electron chi connectivity index (χ0n) is 7.33. The van der Waals surface area contributed by atoms with Crippen LogP contribution in [0.4, 0.5) is 5.69 Å². The SMILES string of the molecule is CCCC[N+](Br)c1ccccc1. The quantitative estimate of drug-likeness (QED) is 0.695. The highest BCUT2D eigenvalue weighted by molar-refractivity contribution is 9.08. The van der Waals surface area contributed by atoms with Gasteiger partial charge in [0.2, 0.25) is 0 Å². The van der Waals surface area contributed by atoms with Gasteiger partial charge in [-0.1, -0.05) is 35.5 Å². The highest BCUT2D eigenvalue weighted by Gasteiger charge is 2.13. The summed E-state index contributed by atoms with van der Waals surface area (Å²) >= 11 is 3.52. The van der Waals surface area contributed by atoms with E-state index in [1.807, 2.05) is 6.07 Å². The van der Waals surface area contributed by atoms with Gasteiger partial charge in [0.1, 0.15) is 6.54 Å². The normalized spacial score (nSPS) is 10.6. The molecule has 0 aromatic heterocycles. The summed E-state index contributed by atoms with van der Waals surface area (Å²) in [5.41, 5.74) is 1.23. The van der Waals surface area contributed by atoms with E-state index in [-0.39, 0.29) is 0 Å². The van der Waals surface area contributed by atoms with Crippen LogP contribution in [0.2, 0.25) is 0 Å². The lowest BCUT2D eigenvalue weighted by molar-refractivity contribution is 0.703. The summed E-state index contributed by atoms with van der Waals surface area (Å²) in [6.45, 7) is 3.27. The Balaban J connectivity index is 2.48. The minimum absolute atomic E-state index is 1.07. The monoisotopic (exact) mass is 227 g/mol. The van der Waals surface area contributed by atoms with E-state index in [0.717, 1.165) is 6.54 Å². The molecule has 1 rings (SSSR count). The zero-order chi connectivity index (χ0) is 8.81. The van der Waals surface area contributed by atoms with Crippen LogP contribution in [0.3, 0.4) is 0 Å². The first-order valence-electron chi connectivity index (χ1n) is 4.33. The number of rotatable bonds is 4. The molecule has 12 heavy (non-hydrogen) atoms. The average molecular weight is 228 g/mol. The molecule has 0 spiro atoms. The fraction of sp³-hybridized carbons (Fsp3) is 0.400. The summed E-state index contributed by atoms with van der Waals surface area (Å²) in [7, 11) is 0. The summed E-state index contributed by atoms with van der Waals surface area (Å²) in [6.07, 6.45) is 2.45. The molecule has 0 saturated carbocycles. The van der Waals surface area contributed by atoms with Gasteiger partial charge < -0.3 is 0 Å². The second-order valence-electron chi connectivity index (χ2n) is 2.77. The van der Waals surface area contributed by atoms with Crippen molar-refractivity contribution in [2.75, 3.05) is 6.54 Å². The van der Waals surface area contributed by atoms with Gasteiger partial charge in [-0.15, -0.1) is 0 Å². The second kappa shape index (κ2) is 5.33. The number of unbranched alkanes of at least 4 members (excludes halogenated alkanes) is 1. The Kier molecular flexibility index (Phi) is 4.33. The molecular formula is C10H14BrN+. The molecule has 0 heterocycles. The first kappa shape index (κ1) is 9.75. The van der Waals surface area contributed by atoms with E-state index in [0.29, 0.717) is 0 Å². The van der Waals surface area contributed by atoms with Gasteiger partial charge in [0.25, 0.3) is 16.1 Å². The molecule has 0 aliphatic carbocycles. The van der Waals surface area contributed by atoms with Crippen molar-refractivity contribution in [3.8, 4) is 0 Å². The number of para-hydroxylation sites is 1. The number of hydrogen-bond acceptors (Lipinski definition) is 1. The summed E-state index contributed by atoms with van der Waals surface area (Å²) in [5.74, 6) is 0. The van der Waals surface area contributed by atoms with Crippen molar-refractivity contribution in [3.63, 3.8) is 0 Å².